The lowest BCUT2D eigenvalue weighted by Gasteiger charge is -2.43. The monoisotopic (exact) mass is 539 g/mol. The molecule has 1 aliphatic heterocycles. The van der Waals surface area contributed by atoms with Crippen LogP contribution in [0.2, 0.25) is 5.02 Å². The molecular weight excluding hydrogens is 502 g/mol. The van der Waals surface area contributed by atoms with Gasteiger partial charge in [0.25, 0.3) is 0 Å². The van der Waals surface area contributed by atoms with Crippen molar-refractivity contribution >= 4 is 23.3 Å². The number of carbonyl (C=O) groups is 1. The predicted octanol–water partition coefficient (Wildman–Crippen LogP) is 4.19. The van der Waals surface area contributed by atoms with Crippen LogP contribution in [0.5, 0.6) is 5.75 Å². The lowest BCUT2D eigenvalue weighted by atomic mass is 10.0. The van der Waals surface area contributed by atoms with Crippen molar-refractivity contribution in [2.45, 2.75) is 59.0 Å². The van der Waals surface area contributed by atoms with Gasteiger partial charge in [0.15, 0.2) is 0 Å². The normalized spacial score (nSPS) is 16.0. The molecule has 10 heteroatoms. The molecule has 1 aliphatic rings. The van der Waals surface area contributed by atoms with Crippen molar-refractivity contribution in [2.24, 2.45) is 0 Å². The van der Waals surface area contributed by atoms with Gasteiger partial charge in [0.05, 0.1) is 18.2 Å². The Morgan fingerprint density at radius 2 is 2.08 bits per heavy atom. The van der Waals surface area contributed by atoms with E-state index in [4.69, 9.17) is 26.3 Å². The van der Waals surface area contributed by atoms with E-state index in [1.54, 1.807) is 19.6 Å². The van der Waals surface area contributed by atoms with Crippen LogP contribution in [0, 0.1) is 6.92 Å². The lowest BCUT2D eigenvalue weighted by Crippen LogP contribution is -2.55. The summed E-state index contributed by atoms with van der Waals surface area (Å²) in [4.78, 5) is 31.9. The zero-order chi connectivity index (χ0) is 27.1. The Balaban J connectivity index is 1.55. The van der Waals surface area contributed by atoms with Gasteiger partial charge < -0.3 is 15.0 Å². The van der Waals surface area contributed by atoms with Gasteiger partial charge in [-0.15, -0.1) is 0 Å². The van der Waals surface area contributed by atoms with Crippen LogP contribution in [-0.2, 0) is 17.8 Å². The zero-order valence-electron chi connectivity index (χ0n) is 22.8. The molecule has 0 saturated carbocycles. The second-order valence-corrected chi connectivity index (χ2v) is 10.1. The highest BCUT2D eigenvalue weighted by molar-refractivity contribution is 6.32. The molecule has 2 aromatic heterocycles. The minimum absolute atomic E-state index is 0.00272. The lowest BCUT2D eigenvalue weighted by molar-refractivity contribution is -0.121. The molecule has 4 rings (SSSR count). The van der Waals surface area contributed by atoms with E-state index < -0.39 is 0 Å². The predicted molar refractivity (Wildman–Crippen MR) is 150 cm³/mol. The third-order valence-electron chi connectivity index (χ3n) is 7.06. The number of ether oxygens (including phenoxy) is 1. The molecule has 0 radical (unpaired) electrons. The topological polar surface area (TPSA) is 88.4 Å². The molecule has 1 fully saturated rings. The number of methoxy groups -OCH3 is 1. The standard InChI is InChI=1S/C28H38ClN7O2/c1-5-7-11-34-13-14-36(27-23(6-2)20(3)32-28(33-27)35-12-10-30-19-35)22(18-34)16-26(37)31-17-21-8-9-25(38-4)24(29)15-21/h8-10,12,15,19,22H,5-7,11,13-14,16-18H2,1-4H3,(H,31,37). The van der Waals surface area contributed by atoms with Gasteiger partial charge in [0.1, 0.15) is 17.9 Å². The first-order valence-corrected chi connectivity index (χ1v) is 13.7. The Bertz CT molecular complexity index is 1220. The number of carbonyl (C=O) groups excluding carboxylic acids is 1. The molecule has 1 unspecified atom stereocenters. The maximum atomic E-state index is 13.2. The van der Waals surface area contributed by atoms with Gasteiger partial charge in [-0.05, 0) is 44.0 Å². The van der Waals surface area contributed by atoms with Crippen molar-refractivity contribution in [3.05, 3.63) is 58.8 Å². The molecule has 38 heavy (non-hydrogen) atoms. The zero-order valence-corrected chi connectivity index (χ0v) is 23.5. The van der Waals surface area contributed by atoms with E-state index >= 15 is 0 Å². The van der Waals surface area contributed by atoms with Crippen molar-refractivity contribution in [3.8, 4) is 11.7 Å². The summed E-state index contributed by atoms with van der Waals surface area (Å²) in [5.41, 5.74) is 3.00. The number of aromatic nitrogens is 4. The first-order chi connectivity index (χ1) is 18.4. The summed E-state index contributed by atoms with van der Waals surface area (Å²) >= 11 is 6.27. The summed E-state index contributed by atoms with van der Waals surface area (Å²) in [5, 5.41) is 3.62. The maximum Gasteiger partial charge on any atom is 0.237 e. The average Bonchev–Trinajstić information content (AvgIpc) is 3.46. The first-order valence-electron chi connectivity index (χ1n) is 13.4. The number of nitrogens with zero attached hydrogens (tertiary/aromatic N) is 6. The molecule has 3 heterocycles. The summed E-state index contributed by atoms with van der Waals surface area (Å²) in [6.07, 6.45) is 8.77. The minimum atomic E-state index is -0.00435. The van der Waals surface area contributed by atoms with Crippen molar-refractivity contribution in [1.82, 2.24) is 29.7 Å². The van der Waals surface area contributed by atoms with Crippen LogP contribution in [0.15, 0.2) is 36.9 Å². The quantitative estimate of drug-likeness (QED) is 0.391. The van der Waals surface area contributed by atoms with Gasteiger partial charge in [0.2, 0.25) is 11.9 Å². The van der Waals surface area contributed by atoms with E-state index in [1.165, 1.54) is 0 Å². The third kappa shape index (κ3) is 6.63. The summed E-state index contributed by atoms with van der Waals surface area (Å²) in [7, 11) is 1.59. The van der Waals surface area contributed by atoms with Crippen LogP contribution >= 0.6 is 11.6 Å². The first kappa shape index (κ1) is 27.9. The van der Waals surface area contributed by atoms with E-state index in [0.717, 1.165) is 68.1 Å². The number of unbranched alkanes of at least 4 members (excludes halogenated alkanes) is 1. The number of hydrogen-bond donors (Lipinski definition) is 1. The molecule has 1 N–H and O–H groups in total. The van der Waals surface area contributed by atoms with Crippen LogP contribution in [0.1, 0.15) is 49.9 Å². The van der Waals surface area contributed by atoms with E-state index in [2.05, 4.69) is 33.9 Å². The molecule has 0 spiro atoms. The third-order valence-corrected chi connectivity index (χ3v) is 7.36. The number of piperazine rings is 1. The van der Waals surface area contributed by atoms with Gasteiger partial charge in [-0.25, -0.2) is 9.97 Å². The Morgan fingerprint density at radius 3 is 2.76 bits per heavy atom. The van der Waals surface area contributed by atoms with Crippen LogP contribution < -0.4 is 15.0 Å². The molecule has 204 valence electrons. The van der Waals surface area contributed by atoms with Gasteiger partial charge >= 0.3 is 0 Å². The summed E-state index contributed by atoms with van der Waals surface area (Å²) in [6, 6.07) is 5.56. The van der Waals surface area contributed by atoms with Crippen LogP contribution in [0.25, 0.3) is 5.95 Å². The van der Waals surface area contributed by atoms with Crippen LogP contribution in [-0.4, -0.2) is 69.7 Å². The van der Waals surface area contributed by atoms with Crippen molar-refractivity contribution in [2.75, 3.05) is 38.2 Å². The minimum Gasteiger partial charge on any atom is -0.495 e. The largest absolute Gasteiger partial charge is 0.495 e. The van der Waals surface area contributed by atoms with Crippen LogP contribution in [0.3, 0.4) is 0 Å². The number of aryl methyl sites for hydroxylation is 1. The number of nitrogens with one attached hydrogen (secondary N) is 1. The number of amides is 1. The van der Waals surface area contributed by atoms with E-state index in [1.807, 2.05) is 35.9 Å². The molecule has 1 aromatic carbocycles. The second kappa shape index (κ2) is 13.1. The highest BCUT2D eigenvalue weighted by atomic mass is 35.5. The van der Waals surface area contributed by atoms with Gasteiger partial charge in [-0.3, -0.25) is 14.3 Å². The number of halogens is 1. The fourth-order valence-corrected chi connectivity index (χ4v) is 5.26. The Labute approximate surface area is 230 Å². The number of hydrogen-bond acceptors (Lipinski definition) is 7. The van der Waals surface area contributed by atoms with E-state index in [-0.39, 0.29) is 11.9 Å². The van der Waals surface area contributed by atoms with Crippen molar-refractivity contribution in [3.63, 3.8) is 0 Å². The molecule has 0 aliphatic carbocycles. The summed E-state index contributed by atoms with van der Waals surface area (Å²) in [6.45, 7) is 10.4. The Hall–Kier alpha value is -3.17. The smallest absolute Gasteiger partial charge is 0.237 e. The highest BCUT2D eigenvalue weighted by Gasteiger charge is 2.31. The number of imidazole rings is 1. The fraction of sp³-hybridized carbons (Fsp3) is 0.500. The molecule has 0 bridgehead atoms. The Morgan fingerprint density at radius 1 is 1.24 bits per heavy atom. The number of rotatable bonds is 11. The fourth-order valence-electron chi connectivity index (χ4n) is 4.98. The Kier molecular flexibility index (Phi) is 9.58. The molecule has 9 nitrogen and oxygen atoms in total. The number of anilines is 1. The molecule has 1 atom stereocenters. The molecule has 3 aromatic rings. The average molecular weight is 540 g/mol. The van der Waals surface area contributed by atoms with Crippen molar-refractivity contribution < 1.29 is 9.53 Å². The van der Waals surface area contributed by atoms with E-state index in [9.17, 15) is 4.79 Å². The number of benzene rings is 1. The summed E-state index contributed by atoms with van der Waals surface area (Å²) < 4.78 is 7.06. The van der Waals surface area contributed by atoms with Gasteiger partial charge in [-0.2, -0.15) is 4.98 Å². The maximum absolute atomic E-state index is 13.2. The molecule has 1 amide bonds. The highest BCUT2D eigenvalue weighted by Crippen LogP contribution is 2.28. The second-order valence-electron chi connectivity index (χ2n) is 9.69. The van der Waals surface area contributed by atoms with Gasteiger partial charge in [-0.1, -0.05) is 37.9 Å². The van der Waals surface area contributed by atoms with Crippen LogP contribution in [0.4, 0.5) is 5.82 Å². The van der Waals surface area contributed by atoms with Gasteiger partial charge in [0, 0.05) is 56.3 Å². The van der Waals surface area contributed by atoms with Crippen molar-refractivity contribution in [1.29, 1.82) is 0 Å². The molecular formula is C28H38ClN7O2. The SMILES string of the molecule is CCCCN1CCN(c2nc(-n3ccnc3)nc(C)c2CC)C(CC(=O)NCc2ccc(OC)c(Cl)c2)C1. The molecule has 1 saturated heterocycles. The van der Waals surface area contributed by atoms with E-state index in [0.29, 0.717) is 29.7 Å². The summed E-state index contributed by atoms with van der Waals surface area (Å²) in [5.74, 6) is 2.13.